The van der Waals surface area contributed by atoms with Crippen LogP contribution >= 0.6 is 11.5 Å². The second-order valence-corrected chi connectivity index (χ2v) is 8.65. The second kappa shape index (κ2) is 8.66. The number of hydrogen-bond donors (Lipinski definition) is 1. The van der Waals surface area contributed by atoms with E-state index in [-0.39, 0.29) is 18.2 Å². The first-order valence-corrected chi connectivity index (χ1v) is 11.2. The zero-order chi connectivity index (χ0) is 21.0. The summed E-state index contributed by atoms with van der Waals surface area (Å²) in [6, 6.07) is 9.28. The molecule has 2 amide bonds. The van der Waals surface area contributed by atoms with Crippen LogP contribution in [0.5, 0.6) is 0 Å². The lowest BCUT2D eigenvalue weighted by Gasteiger charge is -2.34. The van der Waals surface area contributed by atoms with Gasteiger partial charge in [0.2, 0.25) is 10.8 Å². The van der Waals surface area contributed by atoms with Crippen LogP contribution in [-0.2, 0) is 19.8 Å². The van der Waals surface area contributed by atoms with Gasteiger partial charge >= 0.3 is 10.2 Å². The molecule has 2 heterocycles. The zero-order valence-corrected chi connectivity index (χ0v) is 17.5. The van der Waals surface area contributed by atoms with Crippen LogP contribution in [0.15, 0.2) is 35.4 Å². The SMILES string of the molecule is CCCN1C(=O)C(=NNc2nc(-c3ccccc3)ns2)C(=O)N(CCC)S1(=O)=O. The van der Waals surface area contributed by atoms with Crippen molar-refractivity contribution in [3.05, 3.63) is 30.3 Å². The minimum absolute atomic E-state index is 0.0371. The third-order valence-corrected chi connectivity index (χ3v) is 6.42. The van der Waals surface area contributed by atoms with Crippen molar-refractivity contribution >= 4 is 44.4 Å². The average molecular weight is 437 g/mol. The lowest BCUT2D eigenvalue weighted by molar-refractivity contribution is -0.126. The highest BCUT2D eigenvalue weighted by atomic mass is 32.2. The van der Waals surface area contributed by atoms with E-state index in [0.717, 1.165) is 17.1 Å². The third-order valence-electron chi connectivity index (χ3n) is 3.99. The molecular weight excluding hydrogens is 416 g/mol. The molecule has 2 aromatic rings. The fourth-order valence-corrected chi connectivity index (χ4v) is 4.86. The van der Waals surface area contributed by atoms with Crippen LogP contribution in [0.2, 0.25) is 0 Å². The smallest absolute Gasteiger partial charge is 0.266 e. The number of nitrogens with zero attached hydrogens (tertiary/aromatic N) is 5. The average Bonchev–Trinajstić information content (AvgIpc) is 3.18. The lowest BCUT2D eigenvalue weighted by atomic mass is 10.2. The first-order valence-electron chi connectivity index (χ1n) is 9.02. The number of anilines is 1. The summed E-state index contributed by atoms with van der Waals surface area (Å²) in [5, 5.41) is 4.15. The molecule has 1 aromatic carbocycles. The molecule has 12 heteroatoms. The quantitative estimate of drug-likeness (QED) is 0.655. The van der Waals surface area contributed by atoms with Crippen molar-refractivity contribution in [2.24, 2.45) is 5.10 Å². The van der Waals surface area contributed by atoms with Crippen LogP contribution in [-0.4, -0.2) is 57.0 Å². The first-order chi connectivity index (χ1) is 13.9. The van der Waals surface area contributed by atoms with E-state index < -0.39 is 27.7 Å². The van der Waals surface area contributed by atoms with Crippen LogP contribution in [0.25, 0.3) is 11.4 Å². The molecule has 29 heavy (non-hydrogen) atoms. The fraction of sp³-hybridized carbons (Fsp3) is 0.353. The van der Waals surface area contributed by atoms with Crippen LogP contribution < -0.4 is 5.43 Å². The highest BCUT2D eigenvalue weighted by Crippen LogP contribution is 2.22. The van der Waals surface area contributed by atoms with Gasteiger partial charge in [-0.1, -0.05) is 44.2 Å². The van der Waals surface area contributed by atoms with Crippen LogP contribution in [0, 0.1) is 0 Å². The summed E-state index contributed by atoms with van der Waals surface area (Å²) in [6.45, 7) is 3.41. The van der Waals surface area contributed by atoms with E-state index in [1.54, 1.807) is 13.8 Å². The highest BCUT2D eigenvalue weighted by molar-refractivity contribution is 7.88. The van der Waals surface area contributed by atoms with Gasteiger partial charge in [-0.2, -0.15) is 22.9 Å². The van der Waals surface area contributed by atoms with Gasteiger partial charge in [-0.05, 0) is 12.8 Å². The third kappa shape index (κ3) is 4.12. The normalized spacial score (nSPS) is 16.3. The summed E-state index contributed by atoms with van der Waals surface area (Å²) in [5.74, 6) is -1.43. The standard InChI is InChI=1S/C17H20N6O4S2/c1-3-10-22-15(24)13(16(25)23(11-4-2)29(22,26)27)19-20-17-18-14(21-28-17)12-8-6-5-7-9-12/h5-9H,3-4,10-11H2,1-2H3,(H,18,20,21). The van der Waals surface area contributed by atoms with Crippen molar-refractivity contribution in [2.75, 3.05) is 18.5 Å². The Morgan fingerprint density at radius 1 is 1.03 bits per heavy atom. The van der Waals surface area contributed by atoms with Gasteiger partial charge in [-0.3, -0.25) is 15.0 Å². The van der Waals surface area contributed by atoms with Crippen molar-refractivity contribution in [3.63, 3.8) is 0 Å². The number of aromatic nitrogens is 2. The number of amides is 2. The van der Waals surface area contributed by atoms with Crippen LogP contribution in [0.4, 0.5) is 5.13 Å². The Labute approximate surface area is 172 Å². The maximum absolute atomic E-state index is 12.6. The number of hydrogen-bond acceptors (Lipinski definition) is 9. The van der Waals surface area contributed by atoms with Crippen LogP contribution in [0.3, 0.4) is 0 Å². The number of carbonyl (C=O) groups excluding carboxylic acids is 2. The molecule has 3 rings (SSSR count). The maximum Gasteiger partial charge on any atom is 0.331 e. The van der Waals surface area contributed by atoms with Gasteiger partial charge < -0.3 is 0 Å². The largest absolute Gasteiger partial charge is 0.331 e. The Bertz CT molecular complexity index is 1000. The molecule has 10 nitrogen and oxygen atoms in total. The van der Waals surface area contributed by atoms with Gasteiger partial charge in [0, 0.05) is 30.2 Å². The van der Waals surface area contributed by atoms with Gasteiger partial charge in [0.1, 0.15) is 0 Å². The van der Waals surface area contributed by atoms with E-state index in [0.29, 0.717) is 27.3 Å². The predicted octanol–water partition coefficient (Wildman–Crippen LogP) is 1.71. The summed E-state index contributed by atoms with van der Waals surface area (Å²) in [5.41, 5.74) is 2.87. The van der Waals surface area contributed by atoms with Crippen molar-refractivity contribution in [3.8, 4) is 11.4 Å². The summed E-state index contributed by atoms with van der Waals surface area (Å²) < 4.78 is 30.8. The van der Waals surface area contributed by atoms with Crippen molar-refractivity contribution in [1.29, 1.82) is 0 Å². The van der Waals surface area contributed by atoms with E-state index in [1.165, 1.54) is 0 Å². The van der Waals surface area contributed by atoms with Gasteiger partial charge in [0.05, 0.1) is 0 Å². The van der Waals surface area contributed by atoms with Crippen molar-refractivity contribution in [2.45, 2.75) is 26.7 Å². The minimum atomic E-state index is -4.20. The highest BCUT2D eigenvalue weighted by Gasteiger charge is 2.47. The molecule has 1 fully saturated rings. The molecule has 0 saturated carbocycles. The molecular formula is C17H20N6O4S2. The van der Waals surface area contributed by atoms with E-state index in [9.17, 15) is 18.0 Å². The number of rotatable bonds is 7. The van der Waals surface area contributed by atoms with Crippen LogP contribution in [0.1, 0.15) is 26.7 Å². The molecule has 1 N–H and O–H groups in total. The van der Waals surface area contributed by atoms with Gasteiger partial charge in [-0.25, -0.2) is 8.61 Å². The Morgan fingerprint density at radius 2 is 1.62 bits per heavy atom. The molecule has 0 spiro atoms. The van der Waals surface area contributed by atoms with E-state index in [2.05, 4.69) is 19.9 Å². The maximum atomic E-state index is 12.6. The van der Waals surface area contributed by atoms with E-state index >= 15 is 0 Å². The monoisotopic (exact) mass is 436 g/mol. The Balaban J connectivity index is 1.88. The number of benzene rings is 1. The number of carbonyl (C=O) groups is 2. The van der Waals surface area contributed by atoms with Gasteiger partial charge in [-0.15, -0.1) is 0 Å². The molecule has 1 aromatic heterocycles. The number of hydrazone groups is 1. The summed E-state index contributed by atoms with van der Waals surface area (Å²) in [7, 11) is -4.20. The van der Waals surface area contributed by atoms with Crippen molar-refractivity contribution in [1.82, 2.24) is 18.0 Å². The van der Waals surface area contributed by atoms with Gasteiger partial charge in [0.25, 0.3) is 11.8 Å². The van der Waals surface area contributed by atoms with E-state index in [1.807, 2.05) is 30.3 Å². The Hall–Kier alpha value is -2.86. The molecule has 1 saturated heterocycles. The Morgan fingerprint density at radius 3 is 2.17 bits per heavy atom. The molecule has 0 bridgehead atoms. The summed E-state index contributed by atoms with van der Waals surface area (Å²) >= 11 is 1.01. The molecule has 0 unspecified atom stereocenters. The summed E-state index contributed by atoms with van der Waals surface area (Å²) in [4.78, 5) is 29.5. The van der Waals surface area contributed by atoms with Gasteiger partial charge in [0.15, 0.2) is 5.82 Å². The zero-order valence-electron chi connectivity index (χ0n) is 15.9. The van der Waals surface area contributed by atoms with E-state index in [4.69, 9.17) is 0 Å². The molecule has 0 aliphatic carbocycles. The molecule has 0 radical (unpaired) electrons. The minimum Gasteiger partial charge on any atom is -0.266 e. The molecule has 154 valence electrons. The fourth-order valence-electron chi connectivity index (χ4n) is 2.67. The molecule has 1 aliphatic rings. The summed E-state index contributed by atoms with van der Waals surface area (Å²) in [6.07, 6.45) is 0.827. The second-order valence-electron chi connectivity index (χ2n) is 6.12. The Kier molecular flexibility index (Phi) is 6.23. The first kappa shape index (κ1) is 20.9. The lowest BCUT2D eigenvalue weighted by Crippen LogP contribution is -2.60. The topological polar surface area (TPSA) is 125 Å². The number of nitrogens with one attached hydrogen (secondary N) is 1. The van der Waals surface area contributed by atoms with Crippen molar-refractivity contribution < 1.29 is 18.0 Å². The molecule has 0 atom stereocenters. The predicted molar refractivity (Wildman–Crippen MR) is 109 cm³/mol. The molecule has 1 aliphatic heterocycles.